The third kappa shape index (κ3) is 2.70. The number of nitrogens with one attached hydrogen (secondary N) is 1. The van der Waals surface area contributed by atoms with Gasteiger partial charge in [0, 0.05) is 36.0 Å². The van der Waals surface area contributed by atoms with Crippen molar-refractivity contribution in [3.8, 4) is 10.6 Å². The number of nitrogens with zero attached hydrogens (tertiary/aromatic N) is 4. The van der Waals surface area contributed by atoms with Crippen LogP contribution in [0.4, 0.5) is 0 Å². The molecule has 0 fully saturated rings. The molecular weight excluding hydrogens is 334 g/mol. The smallest absolute Gasteiger partial charge is 0.272 e. The lowest BCUT2D eigenvalue weighted by molar-refractivity contribution is 0.523. The van der Waals surface area contributed by atoms with Crippen molar-refractivity contribution in [1.82, 2.24) is 24.4 Å². The fraction of sp³-hybridized carbons (Fsp3) is 0.278. The number of hydrogen-bond donors (Lipinski definition) is 1. The molecule has 0 saturated heterocycles. The van der Waals surface area contributed by atoms with E-state index in [2.05, 4.69) is 17.1 Å². The molecule has 0 unspecified atom stereocenters. The zero-order valence-corrected chi connectivity index (χ0v) is 15.2. The molecule has 0 bridgehead atoms. The second-order valence-corrected chi connectivity index (χ2v) is 7.27. The van der Waals surface area contributed by atoms with Crippen molar-refractivity contribution in [2.75, 3.05) is 0 Å². The highest BCUT2D eigenvalue weighted by Gasteiger charge is 2.17. The monoisotopic (exact) mass is 353 g/mol. The largest absolute Gasteiger partial charge is 0.288 e. The number of rotatable bonds is 4. The van der Waals surface area contributed by atoms with Crippen molar-refractivity contribution in [2.24, 2.45) is 0 Å². The average molecular weight is 353 g/mol. The summed E-state index contributed by atoms with van der Waals surface area (Å²) >= 11 is 1.64. The van der Waals surface area contributed by atoms with Gasteiger partial charge >= 0.3 is 0 Å². The minimum absolute atomic E-state index is 0.0880. The Hall–Kier alpha value is -2.67. The molecule has 0 aliphatic heterocycles. The van der Waals surface area contributed by atoms with Gasteiger partial charge < -0.3 is 0 Å². The fourth-order valence-electron chi connectivity index (χ4n) is 3.02. The molecule has 0 saturated carbocycles. The highest BCUT2D eigenvalue weighted by Crippen LogP contribution is 2.28. The van der Waals surface area contributed by atoms with Gasteiger partial charge in [-0.25, -0.2) is 9.50 Å². The normalized spacial score (nSPS) is 12.8. The van der Waals surface area contributed by atoms with Crippen LogP contribution in [-0.4, -0.2) is 24.4 Å². The van der Waals surface area contributed by atoms with Crippen LogP contribution in [-0.2, 0) is 6.54 Å². The van der Waals surface area contributed by atoms with Crippen molar-refractivity contribution in [3.63, 3.8) is 0 Å². The first kappa shape index (κ1) is 15.8. The predicted octanol–water partition coefficient (Wildman–Crippen LogP) is 3.37. The molecule has 128 valence electrons. The summed E-state index contributed by atoms with van der Waals surface area (Å²) in [6.45, 7) is 6.79. The molecule has 0 radical (unpaired) electrons. The molecule has 4 heterocycles. The Bertz CT molecular complexity index is 1090. The van der Waals surface area contributed by atoms with E-state index in [9.17, 15) is 4.79 Å². The lowest BCUT2D eigenvalue weighted by atomic mass is 10.1. The zero-order chi connectivity index (χ0) is 17.6. The van der Waals surface area contributed by atoms with Crippen LogP contribution in [0.15, 0.2) is 40.6 Å². The van der Waals surface area contributed by atoms with E-state index in [0.717, 1.165) is 27.5 Å². The molecule has 4 aromatic heterocycles. The van der Waals surface area contributed by atoms with Crippen molar-refractivity contribution in [3.05, 3.63) is 63.1 Å². The van der Waals surface area contributed by atoms with E-state index in [1.54, 1.807) is 23.6 Å². The molecule has 7 heteroatoms. The molecule has 0 amide bonds. The molecule has 6 nitrogen and oxygen atoms in total. The van der Waals surface area contributed by atoms with Crippen LogP contribution < -0.4 is 5.56 Å². The standard InChI is InChI=1S/C18H19N5OS/c1-11(10-22-12(2)6-7-19-22)14-9-16(24)23-18(20-14)13(3)17(21-23)15-5-4-8-25-15/h4-9,11,21H,10H2,1-3H3/t11-/m1/s1. The maximum atomic E-state index is 12.6. The van der Waals surface area contributed by atoms with Crippen LogP contribution in [0.5, 0.6) is 0 Å². The Morgan fingerprint density at radius 3 is 2.84 bits per heavy atom. The van der Waals surface area contributed by atoms with Crippen molar-refractivity contribution >= 4 is 17.0 Å². The molecule has 0 aromatic carbocycles. The Labute approximate surface area is 148 Å². The molecule has 0 aliphatic carbocycles. The maximum absolute atomic E-state index is 12.6. The molecule has 4 rings (SSSR count). The molecule has 0 aliphatic rings. The van der Waals surface area contributed by atoms with E-state index in [1.807, 2.05) is 42.1 Å². The number of hydrogen-bond acceptors (Lipinski definition) is 4. The summed E-state index contributed by atoms with van der Waals surface area (Å²) in [7, 11) is 0. The van der Waals surface area contributed by atoms with Gasteiger partial charge in [0.2, 0.25) is 0 Å². The van der Waals surface area contributed by atoms with Crippen molar-refractivity contribution in [1.29, 1.82) is 0 Å². The summed E-state index contributed by atoms with van der Waals surface area (Å²) in [5, 5.41) is 9.54. The first-order chi connectivity index (χ1) is 12.0. The summed E-state index contributed by atoms with van der Waals surface area (Å²) in [5.74, 6) is 0.0933. The number of aromatic nitrogens is 5. The highest BCUT2D eigenvalue weighted by atomic mass is 32.1. The number of fused-ring (bicyclic) bond motifs is 1. The molecular formula is C18H19N5OS. The number of thiophene rings is 1. The minimum atomic E-state index is -0.0880. The topological polar surface area (TPSA) is 68.0 Å². The van der Waals surface area contributed by atoms with Crippen molar-refractivity contribution < 1.29 is 0 Å². The van der Waals surface area contributed by atoms with Gasteiger partial charge in [0.1, 0.15) is 0 Å². The van der Waals surface area contributed by atoms with E-state index >= 15 is 0 Å². The highest BCUT2D eigenvalue weighted by molar-refractivity contribution is 7.13. The SMILES string of the molecule is Cc1c(-c2cccs2)[nH]n2c(=O)cc([C@H](C)Cn3nccc3C)nc12. The van der Waals surface area contributed by atoms with Gasteiger partial charge in [-0.3, -0.25) is 14.6 Å². The van der Waals surface area contributed by atoms with Gasteiger partial charge in [-0.1, -0.05) is 13.0 Å². The first-order valence-corrected chi connectivity index (χ1v) is 9.07. The minimum Gasteiger partial charge on any atom is -0.288 e. The zero-order valence-electron chi connectivity index (χ0n) is 14.4. The van der Waals surface area contributed by atoms with Crippen LogP contribution in [0.2, 0.25) is 0 Å². The summed E-state index contributed by atoms with van der Waals surface area (Å²) in [6.07, 6.45) is 1.79. The van der Waals surface area contributed by atoms with E-state index < -0.39 is 0 Å². The van der Waals surface area contributed by atoms with Crippen LogP contribution in [0, 0.1) is 13.8 Å². The fourth-order valence-corrected chi connectivity index (χ4v) is 3.80. The molecule has 1 N–H and O–H groups in total. The predicted molar refractivity (Wildman–Crippen MR) is 99.2 cm³/mol. The molecule has 4 aromatic rings. The van der Waals surface area contributed by atoms with Crippen LogP contribution in [0.3, 0.4) is 0 Å². The maximum Gasteiger partial charge on any atom is 0.272 e. The first-order valence-electron chi connectivity index (χ1n) is 8.19. The van der Waals surface area contributed by atoms with E-state index in [0.29, 0.717) is 12.2 Å². The second-order valence-electron chi connectivity index (χ2n) is 6.32. The van der Waals surface area contributed by atoms with Crippen molar-refractivity contribution in [2.45, 2.75) is 33.2 Å². The summed E-state index contributed by atoms with van der Waals surface area (Å²) < 4.78 is 3.47. The quantitative estimate of drug-likeness (QED) is 0.612. The average Bonchev–Trinajstić information content (AvgIpc) is 3.30. The molecule has 1 atom stereocenters. The Kier molecular flexibility index (Phi) is 3.80. The Balaban J connectivity index is 1.77. The van der Waals surface area contributed by atoms with Gasteiger partial charge in [-0.05, 0) is 31.4 Å². The second kappa shape index (κ2) is 6.00. The van der Waals surface area contributed by atoms with Crippen LogP contribution in [0.1, 0.15) is 29.8 Å². The third-order valence-corrected chi connectivity index (χ3v) is 5.41. The van der Waals surface area contributed by atoms with Gasteiger partial charge in [0.25, 0.3) is 5.56 Å². The van der Waals surface area contributed by atoms with Gasteiger partial charge in [0.15, 0.2) is 5.65 Å². The Morgan fingerprint density at radius 2 is 2.16 bits per heavy atom. The number of aryl methyl sites for hydroxylation is 2. The lowest BCUT2D eigenvalue weighted by Gasteiger charge is -2.12. The van der Waals surface area contributed by atoms with E-state index in [4.69, 9.17) is 4.98 Å². The van der Waals surface area contributed by atoms with Crippen LogP contribution >= 0.6 is 11.3 Å². The molecule has 25 heavy (non-hydrogen) atoms. The molecule has 0 spiro atoms. The Morgan fingerprint density at radius 1 is 1.32 bits per heavy atom. The summed E-state index contributed by atoms with van der Waals surface area (Å²) in [5.41, 5.74) is 4.43. The van der Waals surface area contributed by atoms with Crippen LogP contribution in [0.25, 0.3) is 16.2 Å². The lowest BCUT2D eigenvalue weighted by Crippen LogP contribution is -2.18. The number of H-pyrrole nitrogens is 1. The van der Waals surface area contributed by atoms with E-state index in [-0.39, 0.29) is 11.5 Å². The van der Waals surface area contributed by atoms with Gasteiger partial charge in [0.05, 0.1) is 16.3 Å². The summed E-state index contributed by atoms with van der Waals surface area (Å²) in [6, 6.07) is 7.63. The summed E-state index contributed by atoms with van der Waals surface area (Å²) in [4.78, 5) is 18.5. The van der Waals surface area contributed by atoms with Gasteiger partial charge in [-0.15, -0.1) is 11.3 Å². The number of aromatic amines is 1. The van der Waals surface area contributed by atoms with E-state index in [1.165, 1.54) is 4.52 Å². The third-order valence-electron chi connectivity index (χ3n) is 4.52. The van der Waals surface area contributed by atoms with Gasteiger partial charge in [-0.2, -0.15) is 5.10 Å².